The number of rotatable bonds is 6. The number of hydrogen-bond acceptors (Lipinski definition) is 16. The molecular weight excluding hydrogens is 527 g/mol. The number of aliphatic hydroxyl groups is 5. The van der Waals surface area contributed by atoms with Crippen molar-refractivity contribution in [3.05, 3.63) is 18.7 Å². The molecule has 19 heteroatoms. The largest absolute Gasteiger partial charge is 0.452 e. The van der Waals surface area contributed by atoms with E-state index in [-0.39, 0.29) is 40.0 Å². The van der Waals surface area contributed by atoms with Crippen LogP contribution in [-0.4, -0.2) is 114 Å². The molecule has 6 heterocycles. The summed E-state index contributed by atoms with van der Waals surface area (Å²) in [6.07, 6.45) is -8.68. The topological polar surface area (TPSA) is 268 Å². The van der Waals surface area contributed by atoms with E-state index in [1.165, 1.54) is 21.8 Å². The summed E-state index contributed by atoms with van der Waals surface area (Å²) in [5.74, 6) is -0.342. The average Bonchev–Trinajstić information content (AvgIpc) is 3.65. The third-order valence-corrected chi connectivity index (χ3v) is 6.65. The Kier molecular flexibility index (Phi) is 6.14. The lowest BCUT2D eigenvalue weighted by molar-refractivity contribution is -0.0513. The number of imidazole rings is 2. The molecule has 2 fully saturated rings. The third kappa shape index (κ3) is 3.98. The number of aromatic nitrogens is 8. The highest BCUT2D eigenvalue weighted by Crippen LogP contribution is 2.36. The maximum absolute atomic E-state index is 13.9. The lowest BCUT2D eigenvalue weighted by atomic mass is 10.1. The van der Waals surface area contributed by atoms with Gasteiger partial charge in [0.25, 0.3) is 0 Å². The fourth-order valence-corrected chi connectivity index (χ4v) is 4.71. The van der Waals surface area contributed by atoms with Crippen molar-refractivity contribution < 1.29 is 44.1 Å². The molecule has 0 amide bonds. The second kappa shape index (κ2) is 9.41. The highest BCUT2D eigenvalue weighted by atomic mass is 19.1. The standard InChI is InChI=1S/C20H23FN10O8/c21-19-26-13(22)7-15(28-19)31(4-25-7)18-12(10(35)6(2-33)38-18)39-20-27-14(23)8-16(29-20)30(3-24-8)17-11(36)9(34)5(1-32)37-17/h3-6,9-12,17-18,32-36H,1-2H2,(H2,22,26,28)(H2,23,27,29)/t5-,6-,9?,10?,11-,12-,17-,18-/m1/s1. The fraction of sp³-hybridized carbons (Fsp3) is 0.500. The van der Waals surface area contributed by atoms with Gasteiger partial charge in [-0.1, -0.05) is 0 Å². The normalized spacial score (nSPS) is 31.0. The zero-order chi connectivity index (χ0) is 27.6. The van der Waals surface area contributed by atoms with Gasteiger partial charge in [-0.2, -0.15) is 24.3 Å². The summed E-state index contributed by atoms with van der Waals surface area (Å²) in [4.78, 5) is 23.7. The monoisotopic (exact) mass is 550 g/mol. The smallest absolute Gasteiger partial charge is 0.321 e. The number of halogens is 1. The maximum Gasteiger partial charge on any atom is 0.321 e. The molecule has 4 aromatic rings. The molecule has 0 saturated carbocycles. The quantitative estimate of drug-likeness (QED) is 0.115. The van der Waals surface area contributed by atoms with E-state index in [1.54, 1.807) is 0 Å². The van der Waals surface area contributed by atoms with Crippen molar-refractivity contribution in [3.63, 3.8) is 0 Å². The molecule has 8 atom stereocenters. The molecule has 4 aromatic heterocycles. The Morgan fingerprint density at radius 2 is 1.36 bits per heavy atom. The van der Waals surface area contributed by atoms with Gasteiger partial charge in [0.2, 0.25) is 0 Å². The van der Waals surface area contributed by atoms with E-state index in [1.807, 2.05) is 0 Å². The van der Waals surface area contributed by atoms with Gasteiger partial charge in [0.15, 0.2) is 52.5 Å². The molecule has 0 aliphatic carbocycles. The first-order chi connectivity index (χ1) is 18.7. The van der Waals surface area contributed by atoms with Crippen molar-refractivity contribution in [1.82, 2.24) is 39.0 Å². The zero-order valence-corrected chi connectivity index (χ0v) is 19.8. The van der Waals surface area contributed by atoms with Crippen LogP contribution in [0.15, 0.2) is 12.7 Å². The van der Waals surface area contributed by atoms with Crippen LogP contribution >= 0.6 is 0 Å². The zero-order valence-electron chi connectivity index (χ0n) is 19.8. The van der Waals surface area contributed by atoms with Crippen LogP contribution in [0.3, 0.4) is 0 Å². The van der Waals surface area contributed by atoms with Gasteiger partial charge < -0.3 is 51.2 Å². The first-order valence-corrected chi connectivity index (χ1v) is 11.6. The number of ether oxygens (including phenoxy) is 3. The van der Waals surface area contributed by atoms with Gasteiger partial charge in [-0.25, -0.2) is 9.97 Å². The maximum atomic E-state index is 13.9. The lowest BCUT2D eigenvalue weighted by Gasteiger charge is -2.22. The molecule has 0 radical (unpaired) electrons. The summed E-state index contributed by atoms with van der Waals surface area (Å²) in [6.45, 7) is -1.13. The van der Waals surface area contributed by atoms with Gasteiger partial charge >= 0.3 is 12.1 Å². The van der Waals surface area contributed by atoms with Gasteiger partial charge in [-0.05, 0) is 0 Å². The Morgan fingerprint density at radius 3 is 2.00 bits per heavy atom. The molecule has 6 rings (SSSR count). The van der Waals surface area contributed by atoms with Crippen molar-refractivity contribution in [2.24, 2.45) is 0 Å². The van der Waals surface area contributed by atoms with Gasteiger partial charge in [0, 0.05) is 0 Å². The van der Waals surface area contributed by atoms with Gasteiger partial charge in [0.1, 0.15) is 30.5 Å². The van der Waals surface area contributed by atoms with Crippen LogP contribution in [0.5, 0.6) is 6.01 Å². The summed E-state index contributed by atoms with van der Waals surface area (Å²) >= 11 is 0. The first kappa shape index (κ1) is 25.4. The van der Waals surface area contributed by atoms with Crippen molar-refractivity contribution in [2.75, 3.05) is 24.7 Å². The van der Waals surface area contributed by atoms with E-state index in [0.717, 1.165) is 0 Å². The van der Waals surface area contributed by atoms with Crippen LogP contribution in [0.2, 0.25) is 0 Å². The van der Waals surface area contributed by atoms with E-state index in [4.69, 9.17) is 25.7 Å². The molecule has 2 aliphatic rings. The highest BCUT2D eigenvalue weighted by Gasteiger charge is 2.48. The van der Waals surface area contributed by atoms with Crippen LogP contribution < -0.4 is 16.2 Å². The second-order valence-corrected chi connectivity index (χ2v) is 8.97. The van der Waals surface area contributed by atoms with Gasteiger partial charge in [-0.15, -0.1) is 0 Å². The molecule has 2 unspecified atom stereocenters. The Hall–Kier alpha value is -3.85. The van der Waals surface area contributed by atoms with Crippen LogP contribution in [0, 0.1) is 6.08 Å². The summed E-state index contributed by atoms with van der Waals surface area (Å²) in [7, 11) is 0. The van der Waals surface area contributed by atoms with Crippen molar-refractivity contribution in [1.29, 1.82) is 0 Å². The van der Waals surface area contributed by atoms with Gasteiger partial charge in [-0.3, -0.25) is 9.13 Å². The molecule has 208 valence electrons. The average molecular weight is 550 g/mol. The molecule has 0 bridgehead atoms. The number of nitrogens with zero attached hydrogens (tertiary/aromatic N) is 8. The fourth-order valence-electron chi connectivity index (χ4n) is 4.71. The number of nitrogens with two attached hydrogens (primary N) is 2. The number of hydrogen-bond donors (Lipinski definition) is 7. The molecular formula is C20H23FN10O8. The molecule has 18 nitrogen and oxygen atoms in total. The van der Waals surface area contributed by atoms with E-state index < -0.39 is 68.4 Å². The number of nitrogen functional groups attached to an aromatic ring is 2. The van der Waals surface area contributed by atoms with Crippen molar-refractivity contribution in [2.45, 2.75) is 49.1 Å². The number of aliphatic hydroxyl groups excluding tert-OH is 5. The Balaban J connectivity index is 1.38. The van der Waals surface area contributed by atoms with Gasteiger partial charge in [0.05, 0.1) is 25.9 Å². The Morgan fingerprint density at radius 1 is 0.795 bits per heavy atom. The third-order valence-electron chi connectivity index (χ3n) is 6.65. The van der Waals surface area contributed by atoms with Crippen LogP contribution in [0.4, 0.5) is 16.0 Å². The highest BCUT2D eigenvalue weighted by molar-refractivity contribution is 5.82. The van der Waals surface area contributed by atoms with E-state index in [2.05, 4.69) is 29.9 Å². The summed E-state index contributed by atoms with van der Waals surface area (Å²) < 4.78 is 33.7. The van der Waals surface area contributed by atoms with E-state index in [9.17, 15) is 29.9 Å². The van der Waals surface area contributed by atoms with E-state index in [0.29, 0.717) is 0 Å². The second-order valence-electron chi connectivity index (χ2n) is 8.97. The minimum Gasteiger partial charge on any atom is -0.452 e. The predicted octanol–water partition coefficient (Wildman–Crippen LogP) is -3.42. The molecule has 2 aliphatic heterocycles. The molecule has 2 saturated heterocycles. The molecule has 0 spiro atoms. The van der Waals surface area contributed by atoms with E-state index >= 15 is 0 Å². The SMILES string of the molecule is Nc1nc(O[C@@H]2C(O)[C@@H](CO)O[C@H]2n2cnc3c(N)nc(F)nc32)nc2c1ncn2[C@@H]1O[C@H](CO)C(O)[C@H]1O. The van der Waals surface area contributed by atoms with Crippen LogP contribution in [0.25, 0.3) is 22.3 Å². The molecule has 9 N–H and O–H groups in total. The Bertz CT molecular complexity index is 1540. The van der Waals surface area contributed by atoms with Crippen LogP contribution in [-0.2, 0) is 9.47 Å². The number of anilines is 2. The molecule has 39 heavy (non-hydrogen) atoms. The molecule has 0 aromatic carbocycles. The lowest BCUT2D eigenvalue weighted by Crippen LogP contribution is -2.38. The minimum absolute atomic E-state index is 0.0478. The Labute approximate surface area is 216 Å². The van der Waals surface area contributed by atoms with Crippen molar-refractivity contribution in [3.8, 4) is 6.01 Å². The van der Waals surface area contributed by atoms with Crippen molar-refractivity contribution >= 4 is 34.0 Å². The summed E-state index contributed by atoms with van der Waals surface area (Å²) in [5, 5.41) is 50.6. The first-order valence-electron chi connectivity index (χ1n) is 11.6. The number of fused-ring (bicyclic) bond motifs is 2. The predicted molar refractivity (Wildman–Crippen MR) is 124 cm³/mol. The minimum atomic E-state index is -1.43. The summed E-state index contributed by atoms with van der Waals surface area (Å²) in [6, 6.07) is -0.352. The summed E-state index contributed by atoms with van der Waals surface area (Å²) in [5.41, 5.74) is 12.0. The van der Waals surface area contributed by atoms with Crippen LogP contribution in [0.1, 0.15) is 12.5 Å².